The van der Waals surface area contributed by atoms with Crippen LogP contribution in [0.5, 0.6) is 11.5 Å². The molecule has 0 saturated carbocycles. The minimum atomic E-state index is 0.645. The van der Waals surface area contributed by atoms with E-state index in [0.717, 1.165) is 50.6 Å². The SMILES string of the molecule is C=C(C)c1ccc2ncnc(Nc3ccc(Oc4ccc5c(c4)ncn5C)c(C)c3)c2n1. The zero-order valence-electron chi connectivity index (χ0n) is 18.1. The van der Waals surface area contributed by atoms with Crippen LogP contribution in [0.2, 0.25) is 0 Å². The van der Waals surface area contributed by atoms with Gasteiger partial charge in [-0.05, 0) is 67.4 Å². The van der Waals surface area contributed by atoms with Crippen molar-refractivity contribution >= 4 is 39.1 Å². The Bertz CT molecular complexity index is 1490. The van der Waals surface area contributed by atoms with E-state index in [1.165, 1.54) is 6.33 Å². The topological polar surface area (TPSA) is 77.8 Å². The Hall–Kier alpha value is -4.26. The molecule has 0 spiro atoms. The van der Waals surface area contributed by atoms with Crippen molar-refractivity contribution in [2.75, 3.05) is 5.32 Å². The molecule has 0 radical (unpaired) electrons. The Balaban J connectivity index is 1.42. The van der Waals surface area contributed by atoms with Crippen molar-refractivity contribution in [3.05, 3.63) is 79.0 Å². The van der Waals surface area contributed by atoms with Gasteiger partial charge < -0.3 is 14.6 Å². The minimum absolute atomic E-state index is 0.645. The summed E-state index contributed by atoms with van der Waals surface area (Å²) in [6, 6.07) is 15.7. The lowest BCUT2D eigenvalue weighted by Gasteiger charge is -2.12. The number of benzene rings is 2. The number of rotatable bonds is 5. The first-order valence-corrected chi connectivity index (χ1v) is 10.2. The smallest absolute Gasteiger partial charge is 0.160 e. The number of allylic oxidation sites excluding steroid dienone is 1. The Labute approximate surface area is 185 Å². The lowest BCUT2D eigenvalue weighted by Crippen LogP contribution is -1.99. The van der Waals surface area contributed by atoms with Gasteiger partial charge in [0.2, 0.25) is 0 Å². The van der Waals surface area contributed by atoms with Crippen molar-refractivity contribution in [1.29, 1.82) is 0 Å². The number of nitrogens with one attached hydrogen (secondary N) is 1. The van der Waals surface area contributed by atoms with Gasteiger partial charge in [0.05, 0.1) is 28.6 Å². The second-order valence-corrected chi connectivity index (χ2v) is 7.78. The largest absolute Gasteiger partial charge is 0.457 e. The molecule has 32 heavy (non-hydrogen) atoms. The van der Waals surface area contributed by atoms with E-state index < -0.39 is 0 Å². The first-order valence-electron chi connectivity index (χ1n) is 10.2. The van der Waals surface area contributed by atoms with E-state index in [1.807, 2.05) is 74.0 Å². The van der Waals surface area contributed by atoms with Crippen molar-refractivity contribution in [2.24, 2.45) is 7.05 Å². The van der Waals surface area contributed by atoms with Gasteiger partial charge in [-0.1, -0.05) is 6.58 Å². The van der Waals surface area contributed by atoms with Crippen molar-refractivity contribution in [3.8, 4) is 11.5 Å². The van der Waals surface area contributed by atoms with E-state index in [-0.39, 0.29) is 0 Å². The highest BCUT2D eigenvalue weighted by Gasteiger charge is 2.10. The number of pyridine rings is 1. The zero-order valence-corrected chi connectivity index (χ0v) is 18.1. The standard InChI is InChI=1S/C25H22N6O/c1-15(2)19-7-8-20-24(30-19)25(27-13-26-20)29-17-5-10-23(16(3)11-17)32-18-6-9-22-21(12-18)28-14-31(22)4/h5-14H,1H2,2-4H3,(H,26,27,29). The molecule has 7 nitrogen and oxygen atoms in total. The molecule has 0 unspecified atom stereocenters. The zero-order chi connectivity index (χ0) is 22.2. The first kappa shape index (κ1) is 19.7. The fraction of sp³-hybridized carbons (Fsp3) is 0.120. The van der Waals surface area contributed by atoms with Crippen LogP contribution in [0.3, 0.4) is 0 Å². The average molecular weight is 422 g/mol. The average Bonchev–Trinajstić information content (AvgIpc) is 3.15. The summed E-state index contributed by atoms with van der Waals surface area (Å²) in [5.41, 5.74) is 7.03. The van der Waals surface area contributed by atoms with Gasteiger partial charge in [0.15, 0.2) is 5.82 Å². The molecular weight excluding hydrogens is 400 g/mol. The summed E-state index contributed by atoms with van der Waals surface area (Å²) in [4.78, 5) is 17.8. The van der Waals surface area contributed by atoms with Crippen molar-refractivity contribution in [1.82, 2.24) is 24.5 Å². The molecule has 5 aromatic rings. The number of ether oxygens (including phenoxy) is 1. The molecule has 3 heterocycles. The second kappa shape index (κ2) is 7.77. The Kier molecular flexibility index (Phi) is 4.78. The summed E-state index contributed by atoms with van der Waals surface area (Å²) in [6.45, 7) is 7.92. The van der Waals surface area contributed by atoms with Gasteiger partial charge in [0.25, 0.3) is 0 Å². The summed E-state index contributed by atoms with van der Waals surface area (Å²) >= 11 is 0. The monoisotopic (exact) mass is 422 g/mol. The summed E-state index contributed by atoms with van der Waals surface area (Å²) < 4.78 is 8.10. The molecule has 0 saturated heterocycles. The van der Waals surface area contributed by atoms with Gasteiger partial charge in [-0.25, -0.2) is 19.9 Å². The molecule has 0 aliphatic rings. The lowest BCUT2D eigenvalue weighted by atomic mass is 10.2. The van der Waals surface area contributed by atoms with Crippen LogP contribution in [0.4, 0.5) is 11.5 Å². The molecular formula is C25H22N6O. The molecule has 3 aromatic heterocycles. The van der Waals surface area contributed by atoms with Gasteiger partial charge in [-0.3, -0.25) is 0 Å². The van der Waals surface area contributed by atoms with Crippen LogP contribution in [0.1, 0.15) is 18.2 Å². The maximum atomic E-state index is 6.12. The number of nitrogens with zero attached hydrogens (tertiary/aromatic N) is 5. The maximum absolute atomic E-state index is 6.12. The van der Waals surface area contributed by atoms with Crippen molar-refractivity contribution in [3.63, 3.8) is 0 Å². The molecule has 5 rings (SSSR count). The number of anilines is 2. The molecule has 0 amide bonds. The Morgan fingerprint density at radius 2 is 1.88 bits per heavy atom. The minimum Gasteiger partial charge on any atom is -0.457 e. The van der Waals surface area contributed by atoms with Crippen LogP contribution in [0.25, 0.3) is 27.6 Å². The Morgan fingerprint density at radius 1 is 1.00 bits per heavy atom. The highest BCUT2D eigenvalue weighted by molar-refractivity contribution is 5.88. The van der Waals surface area contributed by atoms with E-state index >= 15 is 0 Å². The van der Waals surface area contributed by atoms with E-state index in [9.17, 15) is 0 Å². The number of imidazole rings is 1. The third kappa shape index (κ3) is 3.65. The fourth-order valence-electron chi connectivity index (χ4n) is 3.55. The normalized spacial score (nSPS) is 11.1. The molecule has 1 N–H and O–H groups in total. The summed E-state index contributed by atoms with van der Waals surface area (Å²) in [5, 5.41) is 3.36. The molecule has 7 heteroatoms. The number of hydrogen-bond acceptors (Lipinski definition) is 6. The third-order valence-corrected chi connectivity index (χ3v) is 5.28. The molecule has 0 fully saturated rings. The van der Waals surface area contributed by atoms with Gasteiger partial charge in [-0.15, -0.1) is 0 Å². The maximum Gasteiger partial charge on any atom is 0.160 e. The van der Waals surface area contributed by atoms with Crippen molar-refractivity contribution in [2.45, 2.75) is 13.8 Å². The van der Waals surface area contributed by atoms with Crippen molar-refractivity contribution < 1.29 is 4.74 Å². The molecule has 0 bridgehead atoms. The number of aryl methyl sites for hydroxylation is 2. The van der Waals surface area contributed by atoms with Crippen LogP contribution < -0.4 is 10.1 Å². The van der Waals surface area contributed by atoms with Crippen LogP contribution in [0.15, 0.2) is 67.8 Å². The fourth-order valence-corrected chi connectivity index (χ4v) is 3.55. The van der Waals surface area contributed by atoms with E-state index in [0.29, 0.717) is 11.3 Å². The number of fused-ring (bicyclic) bond motifs is 2. The summed E-state index contributed by atoms with van der Waals surface area (Å²) in [6.07, 6.45) is 3.33. The lowest BCUT2D eigenvalue weighted by molar-refractivity contribution is 0.479. The molecule has 2 aromatic carbocycles. The predicted molar refractivity (Wildman–Crippen MR) is 127 cm³/mol. The number of aromatic nitrogens is 5. The first-order chi connectivity index (χ1) is 15.5. The van der Waals surface area contributed by atoms with E-state index in [1.54, 1.807) is 6.33 Å². The van der Waals surface area contributed by atoms with E-state index in [2.05, 4.69) is 31.8 Å². The van der Waals surface area contributed by atoms with Crippen LogP contribution in [-0.2, 0) is 7.05 Å². The van der Waals surface area contributed by atoms with Gasteiger partial charge in [-0.2, -0.15) is 0 Å². The Morgan fingerprint density at radius 3 is 2.69 bits per heavy atom. The second-order valence-electron chi connectivity index (χ2n) is 7.78. The van der Waals surface area contributed by atoms with Crippen LogP contribution in [-0.4, -0.2) is 24.5 Å². The predicted octanol–water partition coefficient (Wildman–Crippen LogP) is 5.79. The van der Waals surface area contributed by atoms with Gasteiger partial charge >= 0.3 is 0 Å². The van der Waals surface area contributed by atoms with Crippen LogP contribution in [0, 0.1) is 6.92 Å². The van der Waals surface area contributed by atoms with Crippen LogP contribution >= 0.6 is 0 Å². The third-order valence-electron chi connectivity index (χ3n) is 5.28. The molecule has 0 aliphatic heterocycles. The summed E-state index contributed by atoms with van der Waals surface area (Å²) in [5.74, 6) is 2.17. The summed E-state index contributed by atoms with van der Waals surface area (Å²) in [7, 11) is 1.97. The molecule has 0 aliphatic carbocycles. The van der Waals surface area contributed by atoms with Gasteiger partial charge in [0, 0.05) is 18.8 Å². The highest BCUT2D eigenvalue weighted by Crippen LogP contribution is 2.31. The molecule has 0 atom stereocenters. The van der Waals surface area contributed by atoms with E-state index in [4.69, 9.17) is 4.74 Å². The quantitative estimate of drug-likeness (QED) is 0.386. The molecule has 158 valence electrons. The number of hydrogen-bond donors (Lipinski definition) is 1. The van der Waals surface area contributed by atoms with Gasteiger partial charge in [0.1, 0.15) is 23.3 Å². The highest BCUT2D eigenvalue weighted by atomic mass is 16.5.